The molecule has 0 heterocycles. The number of carbonyl (C=O) groups is 3. The average Bonchev–Trinajstić information content (AvgIpc) is 2.38. The van der Waals surface area contributed by atoms with E-state index in [4.69, 9.17) is 15.6 Å². The van der Waals surface area contributed by atoms with E-state index in [1.807, 2.05) is 0 Å². The van der Waals surface area contributed by atoms with E-state index in [2.05, 4.69) is 10.6 Å². The summed E-state index contributed by atoms with van der Waals surface area (Å²) in [6.07, 6.45) is 0. The summed E-state index contributed by atoms with van der Waals surface area (Å²) in [4.78, 5) is 33.9. The minimum atomic E-state index is -1.53. The first-order chi connectivity index (χ1) is 9.78. The number of rotatable bonds is 6. The van der Waals surface area contributed by atoms with Crippen LogP contribution in [0.4, 0.5) is 10.5 Å². The van der Waals surface area contributed by atoms with Gasteiger partial charge in [0, 0.05) is 18.4 Å². The van der Waals surface area contributed by atoms with Gasteiger partial charge in [-0.2, -0.15) is 0 Å². The highest BCUT2D eigenvalue weighted by atomic mass is 16.5. The number of nitrogens with one attached hydrogen (secondary N) is 2. The molecule has 0 aliphatic heterocycles. The van der Waals surface area contributed by atoms with E-state index in [0.29, 0.717) is 5.69 Å². The SMILES string of the molecule is COCC(C)(NC(=O)c1ccc(NC(N)=O)cc1)C(=O)O. The number of carboxylic acids is 1. The summed E-state index contributed by atoms with van der Waals surface area (Å²) in [5.74, 6) is -1.77. The lowest BCUT2D eigenvalue weighted by molar-refractivity contribution is -0.145. The second kappa shape index (κ2) is 6.71. The largest absolute Gasteiger partial charge is 0.479 e. The standard InChI is InChI=1S/C13H17N3O5/c1-13(7-21-2,11(18)19)16-10(17)8-3-5-9(6-4-8)15-12(14)20/h3-6H,7H2,1-2H3,(H,16,17)(H,18,19)(H3,14,15,20). The van der Waals surface area contributed by atoms with Crippen LogP contribution in [-0.4, -0.2) is 42.3 Å². The zero-order chi connectivity index (χ0) is 16.0. The van der Waals surface area contributed by atoms with Crippen LogP contribution in [0.5, 0.6) is 0 Å². The highest BCUT2D eigenvalue weighted by Gasteiger charge is 2.35. The van der Waals surface area contributed by atoms with Gasteiger partial charge in [-0.3, -0.25) is 4.79 Å². The summed E-state index contributed by atoms with van der Waals surface area (Å²) >= 11 is 0. The molecular formula is C13H17N3O5. The Balaban J connectivity index is 2.83. The number of ether oxygens (including phenoxy) is 1. The van der Waals surface area contributed by atoms with Gasteiger partial charge in [-0.1, -0.05) is 0 Å². The Morgan fingerprint density at radius 1 is 1.29 bits per heavy atom. The highest BCUT2D eigenvalue weighted by Crippen LogP contribution is 2.11. The van der Waals surface area contributed by atoms with E-state index < -0.39 is 23.4 Å². The molecule has 1 aromatic rings. The van der Waals surface area contributed by atoms with Crippen molar-refractivity contribution >= 4 is 23.6 Å². The molecule has 0 aromatic heterocycles. The molecule has 0 saturated carbocycles. The van der Waals surface area contributed by atoms with E-state index in [-0.39, 0.29) is 12.2 Å². The first-order valence-corrected chi connectivity index (χ1v) is 6.00. The summed E-state index contributed by atoms with van der Waals surface area (Å²) in [5.41, 5.74) is 4.10. The third-order valence-electron chi connectivity index (χ3n) is 2.71. The van der Waals surface area contributed by atoms with Crippen molar-refractivity contribution in [2.45, 2.75) is 12.5 Å². The van der Waals surface area contributed by atoms with Crippen LogP contribution in [0, 0.1) is 0 Å². The fraction of sp³-hybridized carbons (Fsp3) is 0.308. The number of nitrogens with two attached hydrogens (primary N) is 1. The average molecular weight is 295 g/mol. The van der Waals surface area contributed by atoms with Crippen molar-refractivity contribution in [3.63, 3.8) is 0 Å². The summed E-state index contributed by atoms with van der Waals surface area (Å²) in [6.45, 7) is 1.18. The Morgan fingerprint density at radius 3 is 2.29 bits per heavy atom. The molecular weight excluding hydrogens is 278 g/mol. The number of carboxylic acid groups (broad SMARTS) is 1. The Labute approximate surface area is 121 Å². The van der Waals surface area contributed by atoms with Gasteiger partial charge in [0.2, 0.25) is 0 Å². The predicted molar refractivity (Wildman–Crippen MR) is 75.0 cm³/mol. The molecule has 0 aliphatic rings. The molecule has 8 heteroatoms. The smallest absolute Gasteiger partial charge is 0.331 e. The first-order valence-electron chi connectivity index (χ1n) is 6.00. The second-order valence-corrected chi connectivity index (χ2v) is 4.59. The van der Waals surface area contributed by atoms with Gasteiger partial charge in [-0.25, -0.2) is 9.59 Å². The maximum Gasteiger partial charge on any atom is 0.331 e. The van der Waals surface area contributed by atoms with Gasteiger partial charge in [0.15, 0.2) is 5.54 Å². The Bertz CT molecular complexity index is 543. The fourth-order valence-corrected chi connectivity index (χ4v) is 1.61. The van der Waals surface area contributed by atoms with Crippen molar-refractivity contribution in [2.75, 3.05) is 19.0 Å². The number of primary amides is 1. The van der Waals surface area contributed by atoms with Crippen LogP contribution in [0.25, 0.3) is 0 Å². The number of amides is 3. The quantitative estimate of drug-likeness (QED) is 0.603. The van der Waals surface area contributed by atoms with Gasteiger partial charge >= 0.3 is 12.0 Å². The zero-order valence-electron chi connectivity index (χ0n) is 11.7. The number of benzene rings is 1. The van der Waals surface area contributed by atoms with Crippen molar-refractivity contribution in [1.29, 1.82) is 0 Å². The van der Waals surface area contributed by atoms with Crippen LogP contribution in [0.2, 0.25) is 0 Å². The molecule has 0 saturated heterocycles. The third kappa shape index (κ3) is 4.46. The van der Waals surface area contributed by atoms with Gasteiger partial charge in [0.05, 0.1) is 6.61 Å². The van der Waals surface area contributed by atoms with E-state index >= 15 is 0 Å². The van der Waals surface area contributed by atoms with Crippen molar-refractivity contribution in [2.24, 2.45) is 5.73 Å². The maximum absolute atomic E-state index is 12.0. The Morgan fingerprint density at radius 2 is 1.86 bits per heavy atom. The molecule has 1 atom stereocenters. The Hall–Kier alpha value is -2.61. The molecule has 0 bridgehead atoms. The molecule has 8 nitrogen and oxygen atoms in total. The van der Waals surface area contributed by atoms with Crippen LogP contribution in [-0.2, 0) is 9.53 Å². The molecule has 21 heavy (non-hydrogen) atoms. The molecule has 5 N–H and O–H groups in total. The molecule has 114 valence electrons. The van der Waals surface area contributed by atoms with Gasteiger partial charge in [0.25, 0.3) is 5.91 Å². The minimum Gasteiger partial charge on any atom is -0.479 e. The fourth-order valence-electron chi connectivity index (χ4n) is 1.61. The number of carbonyl (C=O) groups excluding carboxylic acids is 2. The molecule has 0 spiro atoms. The third-order valence-corrected chi connectivity index (χ3v) is 2.71. The normalized spacial score (nSPS) is 13.0. The number of hydrogen-bond acceptors (Lipinski definition) is 4. The number of anilines is 1. The monoisotopic (exact) mass is 295 g/mol. The number of hydrogen-bond donors (Lipinski definition) is 4. The predicted octanol–water partition coefficient (Wildman–Crippen LogP) is 0.397. The van der Waals surface area contributed by atoms with Crippen LogP contribution in [0.1, 0.15) is 17.3 Å². The number of urea groups is 1. The van der Waals surface area contributed by atoms with Crippen molar-refractivity contribution in [3.8, 4) is 0 Å². The van der Waals surface area contributed by atoms with Gasteiger partial charge < -0.3 is 26.2 Å². The zero-order valence-corrected chi connectivity index (χ0v) is 11.7. The van der Waals surface area contributed by atoms with E-state index in [9.17, 15) is 14.4 Å². The molecule has 1 unspecified atom stereocenters. The molecule has 1 aromatic carbocycles. The van der Waals surface area contributed by atoms with E-state index in [1.165, 1.54) is 38.3 Å². The lowest BCUT2D eigenvalue weighted by Gasteiger charge is -2.25. The topological polar surface area (TPSA) is 131 Å². The molecule has 0 fully saturated rings. The lowest BCUT2D eigenvalue weighted by Crippen LogP contribution is -2.55. The summed E-state index contributed by atoms with van der Waals surface area (Å²) in [5, 5.41) is 13.9. The van der Waals surface area contributed by atoms with Gasteiger partial charge in [0.1, 0.15) is 0 Å². The van der Waals surface area contributed by atoms with Gasteiger partial charge in [-0.05, 0) is 31.2 Å². The van der Waals surface area contributed by atoms with Crippen molar-refractivity contribution in [3.05, 3.63) is 29.8 Å². The van der Waals surface area contributed by atoms with Crippen LogP contribution >= 0.6 is 0 Å². The molecule has 0 aliphatic carbocycles. The first kappa shape index (κ1) is 16.4. The van der Waals surface area contributed by atoms with E-state index in [0.717, 1.165) is 0 Å². The van der Waals surface area contributed by atoms with Crippen LogP contribution in [0.15, 0.2) is 24.3 Å². The maximum atomic E-state index is 12.0. The summed E-state index contributed by atoms with van der Waals surface area (Å²) < 4.78 is 4.81. The van der Waals surface area contributed by atoms with Crippen LogP contribution < -0.4 is 16.4 Å². The molecule has 3 amide bonds. The van der Waals surface area contributed by atoms with Crippen LogP contribution in [0.3, 0.4) is 0 Å². The van der Waals surface area contributed by atoms with Crippen molar-refractivity contribution in [1.82, 2.24) is 5.32 Å². The number of methoxy groups -OCH3 is 1. The minimum absolute atomic E-state index is 0.171. The van der Waals surface area contributed by atoms with E-state index in [1.54, 1.807) is 0 Å². The number of aliphatic carboxylic acids is 1. The Kier molecular flexibility index (Phi) is 5.25. The highest BCUT2D eigenvalue weighted by molar-refractivity contribution is 5.98. The van der Waals surface area contributed by atoms with Crippen molar-refractivity contribution < 1.29 is 24.2 Å². The molecule has 0 radical (unpaired) electrons. The summed E-state index contributed by atoms with van der Waals surface area (Å²) in [7, 11) is 1.34. The van der Waals surface area contributed by atoms with Gasteiger partial charge in [-0.15, -0.1) is 0 Å². The second-order valence-electron chi connectivity index (χ2n) is 4.59. The lowest BCUT2D eigenvalue weighted by atomic mass is 10.0. The molecule has 1 rings (SSSR count). The summed E-state index contributed by atoms with van der Waals surface area (Å²) in [6, 6.07) is 5.12.